The van der Waals surface area contributed by atoms with Crippen molar-refractivity contribution in [3.8, 4) is 10.8 Å². The van der Waals surface area contributed by atoms with Gasteiger partial charge in [-0.3, -0.25) is 9.59 Å². The van der Waals surface area contributed by atoms with Crippen molar-refractivity contribution >= 4 is 34.8 Å². The molecule has 8 nitrogen and oxygen atoms in total. The first-order chi connectivity index (χ1) is 15.5. The van der Waals surface area contributed by atoms with E-state index in [2.05, 4.69) is 15.6 Å². The predicted molar refractivity (Wildman–Crippen MR) is 125 cm³/mol. The maximum atomic E-state index is 12.5. The number of amides is 1. The Bertz CT molecular complexity index is 1060. The van der Waals surface area contributed by atoms with Crippen LogP contribution in [0, 0.1) is 5.92 Å². The molecule has 0 bridgehead atoms. The Labute approximate surface area is 190 Å². The number of carbonyl (C=O) groups is 2. The van der Waals surface area contributed by atoms with Crippen LogP contribution in [0.15, 0.2) is 54.6 Å². The quantitative estimate of drug-likeness (QED) is 0.339. The number of anilines is 2. The molecular weight excluding hydrogens is 428 g/mol. The molecule has 5 N–H and O–H groups in total. The third-order valence-electron chi connectivity index (χ3n) is 4.71. The smallest absolute Gasteiger partial charge is 0.308 e. The predicted octanol–water partition coefficient (Wildman–Crippen LogP) is 4.36. The standard InChI is InChI=1S/C23H26N4O4S/c1-2-6-15(23(29)30)13-25-19-11-10-18(21(24)27-19)22(28)26-14-17-9-12-20(32-17)31-16-7-4-3-5-8-16/h3-5,7-12,15H,2,6,13-14H2,1H3,(H,26,28)(H,29,30)(H3,24,25,27). The van der Waals surface area contributed by atoms with Gasteiger partial charge in [0.15, 0.2) is 5.06 Å². The molecule has 0 aliphatic heterocycles. The minimum Gasteiger partial charge on any atom is -0.481 e. The number of aliphatic carboxylic acids is 1. The fraction of sp³-hybridized carbons (Fsp3) is 0.261. The molecule has 2 aromatic heterocycles. The van der Waals surface area contributed by atoms with Gasteiger partial charge in [-0.25, -0.2) is 4.98 Å². The number of carboxylic acids is 1. The first-order valence-electron chi connectivity index (χ1n) is 10.3. The number of benzene rings is 1. The highest BCUT2D eigenvalue weighted by Gasteiger charge is 2.17. The van der Waals surface area contributed by atoms with Crippen molar-refractivity contribution in [3.63, 3.8) is 0 Å². The van der Waals surface area contributed by atoms with Crippen molar-refractivity contribution in [3.05, 3.63) is 65.0 Å². The Kier molecular flexibility index (Phi) is 8.04. The number of hydrogen-bond donors (Lipinski definition) is 4. The van der Waals surface area contributed by atoms with Crippen molar-refractivity contribution < 1.29 is 19.4 Å². The third-order valence-corrected chi connectivity index (χ3v) is 5.67. The van der Waals surface area contributed by atoms with Crippen molar-refractivity contribution in [2.45, 2.75) is 26.3 Å². The summed E-state index contributed by atoms with van der Waals surface area (Å²) in [5, 5.41) is 15.8. The van der Waals surface area contributed by atoms with E-state index in [0.717, 1.165) is 22.1 Å². The molecule has 0 aliphatic carbocycles. The summed E-state index contributed by atoms with van der Waals surface area (Å²) in [6.07, 6.45) is 1.34. The molecule has 2 heterocycles. The second-order valence-corrected chi connectivity index (χ2v) is 8.28. The van der Waals surface area contributed by atoms with Crippen LogP contribution in [0.4, 0.5) is 11.6 Å². The number of nitrogens with one attached hydrogen (secondary N) is 2. The zero-order valence-corrected chi connectivity index (χ0v) is 18.5. The molecule has 0 fully saturated rings. The van der Waals surface area contributed by atoms with E-state index >= 15 is 0 Å². The molecule has 0 spiro atoms. The average molecular weight is 455 g/mol. The van der Waals surface area contributed by atoms with Crippen LogP contribution >= 0.6 is 11.3 Å². The highest BCUT2D eigenvalue weighted by atomic mass is 32.1. The van der Waals surface area contributed by atoms with E-state index in [1.807, 2.05) is 49.4 Å². The van der Waals surface area contributed by atoms with Crippen LogP contribution in [0.5, 0.6) is 10.8 Å². The summed E-state index contributed by atoms with van der Waals surface area (Å²) in [5.74, 6) is -0.435. The summed E-state index contributed by atoms with van der Waals surface area (Å²) < 4.78 is 5.78. The number of carboxylic acid groups (broad SMARTS) is 1. The summed E-state index contributed by atoms with van der Waals surface area (Å²) in [7, 11) is 0. The van der Waals surface area contributed by atoms with E-state index in [0.29, 0.717) is 18.8 Å². The van der Waals surface area contributed by atoms with Gasteiger partial charge in [-0.2, -0.15) is 0 Å². The van der Waals surface area contributed by atoms with Crippen LogP contribution in [0.2, 0.25) is 0 Å². The molecule has 3 rings (SSSR count). The number of rotatable bonds is 11. The molecule has 0 aliphatic rings. The monoisotopic (exact) mass is 454 g/mol. The lowest BCUT2D eigenvalue weighted by atomic mass is 10.0. The summed E-state index contributed by atoms with van der Waals surface area (Å²) in [6.45, 7) is 2.51. The van der Waals surface area contributed by atoms with Gasteiger partial charge in [0.2, 0.25) is 0 Å². The molecule has 168 valence electrons. The minimum absolute atomic E-state index is 0.0779. The molecule has 0 saturated carbocycles. The van der Waals surface area contributed by atoms with E-state index in [4.69, 9.17) is 10.5 Å². The van der Waals surface area contributed by atoms with E-state index in [1.165, 1.54) is 11.3 Å². The average Bonchev–Trinajstić information content (AvgIpc) is 3.22. The van der Waals surface area contributed by atoms with Crippen LogP contribution in [0.25, 0.3) is 0 Å². The summed E-state index contributed by atoms with van der Waals surface area (Å²) in [4.78, 5) is 28.9. The molecule has 0 radical (unpaired) electrons. The van der Waals surface area contributed by atoms with Gasteiger partial charge >= 0.3 is 5.97 Å². The number of nitrogens with zero attached hydrogens (tertiary/aromatic N) is 1. The van der Waals surface area contributed by atoms with Gasteiger partial charge in [0.05, 0.1) is 18.0 Å². The van der Waals surface area contributed by atoms with E-state index in [-0.39, 0.29) is 23.8 Å². The maximum absolute atomic E-state index is 12.5. The Morgan fingerprint density at radius 1 is 1.16 bits per heavy atom. The minimum atomic E-state index is -0.853. The lowest BCUT2D eigenvalue weighted by Gasteiger charge is -2.14. The highest BCUT2D eigenvalue weighted by Crippen LogP contribution is 2.29. The van der Waals surface area contributed by atoms with Gasteiger partial charge in [0.25, 0.3) is 5.91 Å². The highest BCUT2D eigenvalue weighted by molar-refractivity contribution is 7.13. The van der Waals surface area contributed by atoms with Crippen LogP contribution in [-0.4, -0.2) is 28.5 Å². The Morgan fingerprint density at radius 2 is 1.94 bits per heavy atom. The first-order valence-corrected chi connectivity index (χ1v) is 11.1. The van der Waals surface area contributed by atoms with Gasteiger partial charge in [0, 0.05) is 11.4 Å². The normalized spacial score (nSPS) is 11.5. The molecular formula is C23H26N4O4S. The number of carbonyl (C=O) groups excluding carboxylic acids is 1. The number of ether oxygens (including phenoxy) is 1. The van der Waals surface area contributed by atoms with Crippen LogP contribution in [0.3, 0.4) is 0 Å². The molecule has 9 heteroatoms. The van der Waals surface area contributed by atoms with Gasteiger partial charge in [-0.1, -0.05) is 31.5 Å². The number of para-hydroxylation sites is 1. The summed E-state index contributed by atoms with van der Waals surface area (Å²) >= 11 is 1.45. The number of pyridine rings is 1. The van der Waals surface area contributed by atoms with E-state index in [9.17, 15) is 14.7 Å². The summed E-state index contributed by atoms with van der Waals surface area (Å²) in [5.41, 5.74) is 6.22. The second kappa shape index (κ2) is 11.1. The topological polar surface area (TPSA) is 127 Å². The van der Waals surface area contributed by atoms with E-state index < -0.39 is 11.9 Å². The van der Waals surface area contributed by atoms with Crippen LogP contribution < -0.4 is 21.1 Å². The van der Waals surface area contributed by atoms with Gasteiger partial charge in [-0.15, -0.1) is 11.3 Å². The third kappa shape index (κ3) is 6.45. The zero-order valence-electron chi connectivity index (χ0n) is 17.7. The van der Waals surface area contributed by atoms with E-state index in [1.54, 1.807) is 12.1 Å². The Hall–Kier alpha value is -3.59. The molecule has 1 atom stereocenters. The number of thiophene rings is 1. The molecule has 0 saturated heterocycles. The maximum Gasteiger partial charge on any atom is 0.308 e. The fourth-order valence-electron chi connectivity index (χ4n) is 3.03. The number of hydrogen-bond acceptors (Lipinski definition) is 7. The lowest BCUT2D eigenvalue weighted by Crippen LogP contribution is -2.25. The van der Waals surface area contributed by atoms with Crippen molar-refractivity contribution in [2.75, 3.05) is 17.6 Å². The molecule has 1 amide bonds. The zero-order chi connectivity index (χ0) is 22.9. The van der Waals surface area contributed by atoms with Crippen LogP contribution in [-0.2, 0) is 11.3 Å². The number of nitrogens with two attached hydrogens (primary N) is 1. The molecule has 1 aromatic carbocycles. The fourth-order valence-corrected chi connectivity index (χ4v) is 3.84. The van der Waals surface area contributed by atoms with Gasteiger partial charge in [-0.05, 0) is 42.8 Å². The number of nitrogen functional groups attached to an aromatic ring is 1. The van der Waals surface area contributed by atoms with Gasteiger partial charge in [0.1, 0.15) is 17.4 Å². The largest absolute Gasteiger partial charge is 0.481 e. The summed E-state index contributed by atoms with van der Waals surface area (Å²) in [6, 6.07) is 16.4. The molecule has 3 aromatic rings. The SMILES string of the molecule is CCCC(CNc1ccc(C(=O)NCc2ccc(Oc3ccccc3)s2)c(N)n1)C(=O)O. The van der Waals surface area contributed by atoms with Crippen molar-refractivity contribution in [2.24, 2.45) is 5.92 Å². The van der Waals surface area contributed by atoms with Crippen molar-refractivity contribution in [1.29, 1.82) is 0 Å². The first kappa shape index (κ1) is 23.1. The molecule has 1 unspecified atom stereocenters. The lowest BCUT2D eigenvalue weighted by molar-refractivity contribution is -0.141. The second-order valence-electron chi connectivity index (χ2n) is 7.15. The van der Waals surface area contributed by atoms with Crippen LogP contribution in [0.1, 0.15) is 35.0 Å². The Morgan fingerprint density at radius 3 is 2.62 bits per heavy atom. The van der Waals surface area contributed by atoms with Crippen molar-refractivity contribution in [1.82, 2.24) is 10.3 Å². The van der Waals surface area contributed by atoms with Gasteiger partial charge < -0.3 is 26.2 Å². The number of aromatic nitrogens is 1. The Balaban J connectivity index is 1.53. The molecule has 32 heavy (non-hydrogen) atoms.